The van der Waals surface area contributed by atoms with Gasteiger partial charge in [-0.05, 0) is 30.7 Å². The van der Waals surface area contributed by atoms with Crippen molar-refractivity contribution in [1.29, 1.82) is 0 Å². The molecule has 2 N–H and O–H groups in total. The molecule has 11 nitrogen and oxygen atoms in total. The second kappa shape index (κ2) is 12.7. The van der Waals surface area contributed by atoms with E-state index in [2.05, 4.69) is 25.8 Å². The van der Waals surface area contributed by atoms with Crippen LogP contribution < -0.4 is 15.4 Å². The van der Waals surface area contributed by atoms with Crippen LogP contribution in [-0.4, -0.2) is 79.6 Å². The highest BCUT2D eigenvalue weighted by Crippen LogP contribution is 2.23. The third kappa shape index (κ3) is 7.06. The van der Waals surface area contributed by atoms with E-state index in [1.54, 1.807) is 19.1 Å². The van der Waals surface area contributed by atoms with E-state index in [0.717, 1.165) is 6.29 Å². The first-order valence-corrected chi connectivity index (χ1v) is 11.9. The first-order valence-electron chi connectivity index (χ1n) is 11.9. The van der Waals surface area contributed by atoms with Crippen LogP contribution in [0.2, 0.25) is 0 Å². The summed E-state index contributed by atoms with van der Waals surface area (Å²) in [7, 11) is 1.38. The second-order valence-corrected chi connectivity index (χ2v) is 8.58. The molecule has 2 aromatic rings. The van der Waals surface area contributed by atoms with Crippen molar-refractivity contribution in [3.05, 3.63) is 59.3 Å². The number of aryl methyl sites for hydroxylation is 1. The van der Waals surface area contributed by atoms with E-state index < -0.39 is 11.7 Å². The van der Waals surface area contributed by atoms with Gasteiger partial charge in [-0.1, -0.05) is 11.2 Å². The fraction of sp³-hybridized carbons (Fsp3) is 0.440. The minimum absolute atomic E-state index is 0.105. The molecular weight excluding hydrogens is 485 g/mol. The van der Waals surface area contributed by atoms with Crippen LogP contribution in [0.25, 0.3) is 0 Å². The van der Waals surface area contributed by atoms with Crippen LogP contribution in [0.15, 0.2) is 29.4 Å². The number of aldehydes is 1. The standard InChI is InChI=1S/C25H29FN5O6/c1-15-29-19(9-21(30-15)25(33)28-11-16-4-5-18(26)22(8-16)34-2)20-10-23(37-31-20)24-14-35-17(13-36-24)12-27-6-3-7-32/h3-5,7-9,17,23-24,27H,6,10-14H2,1-2H3,(H,28,33)/t17-,23+,24-/m1/s1. The van der Waals surface area contributed by atoms with Gasteiger partial charge in [-0.3, -0.25) is 4.79 Å². The fourth-order valence-corrected chi connectivity index (χ4v) is 3.93. The van der Waals surface area contributed by atoms with Crippen molar-refractivity contribution >= 4 is 17.9 Å². The minimum atomic E-state index is -0.474. The van der Waals surface area contributed by atoms with E-state index in [1.165, 1.54) is 25.7 Å². The second-order valence-electron chi connectivity index (χ2n) is 8.58. The van der Waals surface area contributed by atoms with E-state index in [9.17, 15) is 14.0 Å². The van der Waals surface area contributed by atoms with Gasteiger partial charge in [-0.25, -0.2) is 14.4 Å². The third-order valence-corrected chi connectivity index (χ3v) is 5.87. The molecule has 197 valence electrons. The lowest BCUT2D eigenvalue weighted by molar-refractivity contribution is -0.169. The molecule has 1 amide bonds. The Balaban J connectivity index is 1.30. The molecule has 3 heterocycles. The molecule has 1 saturated heterocycles. The van der Waals surface area contributed by atoms with E-state index >= 15 is 0 Å². The highest BCUT2D eigenvalue weighted by Gasteiger charge is 2.35. The van der Waals surface area contributed by atoms with Crippen LogP contribution in [-0.2, 0) is 25.7 Å². The summed E-state index contributed by atoms with van der Waals surface area (Å²) in [4.78, 5) is 37.4. The van der Waals surface area contributed by atoms with Crippen molar-refractivity contribution in [3.8, 4) is 5.75 Å². The summed E-state index contributed by atoms with van der Waals surface area (Å²) < 4.78 is 30.4. The number of hydrogen-bond donors (Lipinski definition) is 2. The Labute approximate surface area is 213 Å². The van der Waals surface area contributed by atoms with Crippen molar-refractivity contribution in [3.63, 3.8) is 0 Å². The van der Waals surface area contributed by atoms with Crippen LogP contribution in [0, 0.1) is 19.2 Å². The molecule has 2 aliphatic rings. The van der Waals surface area contributed by atoms with E-state index in [0.29, 0.717) is 55.5 Å². The summed E-state index contributed by atoms with van der Waals surface area (Å²) >= 11 is 0. The monoisotopic (exact) mass is 514 g/mol. The average Bonchev–Trinajstić information content (AvgIpc) is 3.41. The van der Waals surface area contributed by atoms with Gasteiger partial charge in [-0.15, -0.1) is 0 Å². The van der Waals surface area contributed by atoms with Gasteiger partial charge in [0.15, 0.2) is 17.7 Å². The number of benzene rings is 1. The lowest BCUT2D eigenvalue weighted by atomic mass is 10.0. The number of rotatable bonds is 11. The summed E-state index contributed by atoms with van der Waals surface area (Å²) in [6.07, 6.45) is 1.93. The number of oxime groups is 1. The molecule has 0 saturated carbocycles. The summed E-state index contributed by atoms with van der Waals surface area (Å²) in [5.74, 6) is -0.357. The van der Waals surface area contributed by atoms with Crippen molar-refractivity contribution in [2.24, 2.45) is 5.16 Å². The van der Waals surface area contributed by atoms with Crippen LogP contribution in [0.5, 0.6) is 5.75 Å². The summed E-state index contributed by atoms with van der Waals surface area (Å²) in [6, 6.07) is 5.95. The molecule has 0 aliphatic carbocycles. The number of carbonyl (C=O) groups is 2. The van der Waals surface area contributed by atoms with Gasteiger partial charge >= 0.3 is 0 Å². The first-order chi connectivity index (χ1) is 18.0. The number of nitrogens with one attached hydrogen (secondary N) is 2. The Morgan fingerprint density at radius 2 is 2.08 bits per heavy atom. The minimum Gasteiger partial charge on any atom is -0.494 e. The summed E-state index contributed by atoms with van der Waals surface area (Å²) in [5.41, 5.74) is 1.95. The van der Waals surface area contributed by atoms with Gasteiger partial charge < -0.3 is 34.5 Å². The van der Waals surface area contributed by atoms with Crippen LogP contribution in [0.1, 0.15) is 34.0 Å². The first kappa shape index (κ1) is 26.6. The van der Waals surface area contributed by atoms with Crippen molar-refractivity contribution in [2.75, 3.05) is 33.4 Å². The number of halogens is 1. The number of amides is 1. The number of ether oxygens (including phenoxy) is 3. The number of nitrogens with zero attached hydrogens (tertiary/aromatic N) is 3. The zero-order chi connectivity index (χ0) is 26.2. The molecule has 12 heteroatoms. The lowest BCUT2D eigenvalue weighted by Gasteiger charge is -2.31. The van der Waals surface area contributed by atoms with Crippen molar-refractivity contribution < 1.29 is 33.0 Å². The van der Waals surface area contributed by atoms with Crippen LogP contribution >= 0.6 is 0 Å². The number of hydrogen-bond acceptors (Lipinski definition) is 10. The van der Waals surface area contributed by atoms with E-state index in [1.807, 2.05) is 0 Å². The van der Waals surface area contributed by atoms with Gasteiger partial charge in [0.25, 0.3) is 5.91 Å². The van der Waals surface area contributed by atoms with Gasteiger partial charge in [0.1, 0.15) is 29.6 Å². The van der Waals surface area contributed by atoms with Crippen LogP contribution in [0.3, 0.4) is 0 Å². The molecule has 1 aromatic carbocycles. The molecule has 4 rings (SSSR count). The molecule has 2 aliphatic heterocycles. The maximum absolute atomic E-state index is 13.6. The molecule has 0 bridgehead atoms. The van der Waals surface area contributed by atoms with Crippen LogP contribution in [0.4, 0.5) is 4.39 Å². The maximum atomic E-state index is 13.6. The Bertz CT molecular complexity index is 1140. The zero-order valence-corrected chi connectivity index (χ0v) is 20.6. The van der Waals surface area contributed by atoms with E-state index in [4.69, 9.17) is 19.0 Å². The molecule has 1 fully saturated rings. The van der Waals surface area contributed by atoms with Gasteiger partial charge in [-0.2, -0.15) is 0 Å². The number of methoxy groups -OCH3 is 1. The van der Waals surface area contributed by atoms with Gasteiger partial charge in [0.05, 0.1) is 32.1 Å². The quantitative estimate of drug-likeness (QED) is 0.334. The molecule has 3 atom stereocenters. The zero-order valence-electron chi connectivity index (χ0n) is 20.6. The van der Waals surface area contributed by atoms with E-state index in [-0.39, 0.29) is 36.3 Å². The molecule has 37 heavy (non-hydrogen) atoms. The molecule has 0 spiro atoms. The maximum Gasteiger partial charge on any atom is 0.270 e. The highest BCUT2D eigenvalue weighted by molar-refractivity contribution is 6.02. The number of aromatic nitrogens is 2. The molecule has 0 unspecified atom stereocenters. The lowest BCUT2D eigenvalue weighted by Crippen LogP contribution is -2.46. The third-order valence-electron chi connectivity index (χ3n) is 5.87. The smallest absolute Gasteiger partial charge is 0.270 e. The topological polar surface area (TPSA) is 133 Å². The molecular formula is C25H29FN5O6. The van der Waals surface area contributed by atoms with Crippen molar-refractivity contribution in [1.82, 2.24) is 20.6 Å². The largest absolute Gasteiger partial charge is 0.494 e. The highest BCUT2D eigenvalue weighted by atomic mass is 19.1. The van der Waals surface area contributed by atoms with Gasteiger partial charge in [0.2, 0.25) is 0 Å². The predicted octanol–water partition coefficient (Wildman–Crippen LogP) is 1.13. The van der Waals surface area contributed by atoms with Crippen molar-refractivity contribution in [2.45, 2.75) is 38.2 Å². The Hall–Kier alpha value is -3.48. The Kier molecular flexibility index (Phi) is 9.09. The summed E-state index contributed by atoms with van der Waals surface area (Å²) in [5, 5.41) is 10.1. The molecule has 1 radical (unpaired) electrons. The number of carbonyl (C=O) groups excluding carboxylic acids is 2. The Morgan fingerprint density at radius 1 is 1.22 bits per heavy atom. The predicted molar refractivity (Wildman–Crippen MR) is 130 cm³/mol. The van der Waals surface area contributed by atoms with Gasteiger partial charge in [0, 0.05) is 32.5 Å². The SMILES string of the molecule is COc1cc(CNC(=O)c2cc(C3=NO[C@H]([C@H]4CO[C@H](CNC[CH]C=O)CO4)C3)nc(C)n2)ccc1F. The summed E-state index contributed by atoms with van der Waals surface area (Å²) in [6.45, 7) is 3.66. The normalized spacial score (nSPS) is 21.2. The molecule has 1 aromatic heterocycles. The average molecular weight is 515 g/mol. The fourth-order valence-electron chi connectivity index (χ4n) is 3.93. The Morgan fingerprint density at radius 3 is 2.84 bits per heavy atom.